The minimum Gasteiger partial charge on any atom is -0.302 e. The van der Waals surface area contributed by atoms with Crippen molar-refractivity contribution in [1.29, 1.82) is 0 Å². The zero-order valence-electron chi connectivity index (χ0n) is 11.7. The van der Waals surface area contributed by atoms with Crippen LogP contribution in [0.5, 0.6) is 0 Å². The topological polar surface area (TPSA) is 17.3 Å². The highest BCUT2D eigenvalue weighted by Gasteiger charge is 2.27. The fourth-order valence-corrected chi connectivity index (χ4v) is 2.36. The third-order valence-electron chi connectivity index (χ3n) is 3.10. The Labute approximate surface area is 104 Å². The molecule has 17 heavy (non-hydrogen) atoms. The van der Waals surface area contributed by atoms with Gasteiger partial charge in [-0.1, -0.05) is 47.6 Å². The maximum absolute atomic E-state index is 4.26. The van der Waals surface area contributed by atoms with Crippen molar-refractivity contribution in [3.63, 3.8) is 0 Å². The van der Waals surface area contributed by atoms with Gasteiger partial charge in [-0.05, 0) is 17.0 Å². The third kappa shape index (κ3) is 2.08. The minimum atomic E-state index is 0.114. The molecule has 0 aromatic carbocycles. The van der Waals surface area contributed by atoms with Gasteiger partial charge in [0.1, 0.15) is 0 Å². The number of imidazole rings is 1. The van der Waals surface area contributed by atoms with Gasteiger partial charge in [0.15, 0.2) is 0 Å². The lowest BCUT2D eigenvalue weighted by Crippen LogP contribution is -2.25. The van der Waals surface area contributed by atoms with E-state index in [1.54, 1.807) is 0 Å². The van der Waals surface area contributed by atoms with Crippen molar-refractivity contribution in [2.45, 2.75) is 52.4 Å². The summed E-state index contributed by atoms with van der Waals surface area (Å²) >= 11 is 0. The molecular formula is C15H22N2. The summed E-state index contributed by atoms with van der Waals surface area (Å²) in [7, 11) is 0. The average molecular weight is 230 g/mol. The molecule has 2 nitrogen and oxygen atoms in total. The fourth-order valence-electron chi connectivity index (χ4n) is 2.36. The van der Waals surface area contributed by atoms with Gasteiger partial charge in [0, 0.05) is 11.1 Å². The van der Waals surface area contributed by atoms with Gasteiger partial charge in [-0.2, -0.15) is 0 Å². The number of hydrogen-bond acceptors (Lipinski definition) is 1. The molecule has 2 aromatic heterocycles. The summed E-state index contributed by atoms with van der Waals surface area (Å²) in [6, 6.07) is 4.40. The Morgan fingerprint density at radius 1 is 0.941 bits per heavy atom. The summed E-state index contributed by atoms with van der Waals surface area (Å²) in [5, 5.41) is 0. The molecule has 2 rings (SSSR count). The molecule has 0 saturated carbocycles. The molecule has 0 aliphatic heterocycles. The molecule has 2 aromatic rings. The van der Waals surface area contributed by atoms with Gasteiger partial charge in [0.25, 0.3) is 0 Å². The highest BCUT2D eigenvalue weighted by Crippen LogP contribution is 2.34. The zero-order chi connectivity index (χ0) is 12.8. The highest BCUT2D eigenvalue weighted by molar-refractivity contribution is 5.51. The molecular weight excluding hydrogens is 208 g/mol. The second kappa shape index (κ2) is 3.59. The van der Waals surface area contributed by atoms with Crippen molar-refractivity contribution in [2.75, 3.05) is 0 Å². The van der Waals surface area contributed by atoms with E-state index in [0.29, 0.717) is 0 Å². The van der Waals surface area contributed by atoms with E-state index in [-0.39, 0.29) is 10.8 Å². The van der Waals surface area contributed by atoms with Crippen molar-refractivity contribution < 1.29 is 0 Å². The van der Waals surface area contributed by atoms with Crippen molar-refractivity contribution in [3.05, 3.63) is 35.9 Å². The molecule has 0 spiro atoms. The maximum Gasteiger partial charge on any atom is 0.0994 e. The van der Waals surface area contributed by atoms with Crippen LogP contribution in [0.2, 0.25) is 0 Å². The molecule has 0 atom stereocenters. The molecule has 0 amide bonds. The normalized spacial score (nSPS) is 13.3. The van der Waals surface area contributed by atoms with Crippen molar-refractivity contribution in [1.82, 2.24) is 9.38 Å². The van der Waals surface area contributed by atoms with Gasteiger partial charge in [-0.3, -0.25) is 0 Å². The first-order valence-electron chi connectivity index (χ1n) is 6.17. The number of nitrogens with zero attached hydrogens (tertiary/aromatic N) is 2. The van der Waals surface area contributed by atoms with Crippen LogP contribution < -0.4 is 0 Å². The van der Waals surface area contributed by atoms with E-state index in [2.05, 4.69) is 63.1 Å². The number of rotatable bonds is 0. The highest BCUT2D eigenvalue weighted by atomic mass is 15.0. The van der Waals surface area contributed by atoms with Gasteiger partial charge >= 0.3 is 0 Å². The molecule has 2 heterocycles. The summed E-state index contributed by atoms with van der Waals surface area (Å²) in [5.74, 6) is 0. The Morgan fingerprint density at radius 3 is 2.12 bits per heavy atom. The van der Waals surface area contributed by atoms with Crippen LogP contribution in [0.3, 0.4) is 0 Å². The molecule has 0 aliphatic rings. The van der Waals surface area contributed by atoms with Crippen LogP contribution in [-0.2, 0) is 10.8 Å². The van der Waals surface area contributed by atoms with E-state index >= 15 is 0 Å². The Bertz CT molecular complexity index is 536. The van der Waals surface area contributed by atoms with E-state index in [4.69, 9.17) is 0 Å². The molecule has 0 N–H and O–H groups in total. The standard InChI is InChI=1S/C15H22N2/c1-14(2,3)12-8-7-11-9-16-10-17(11)13(12)15(4,5)6/h7-10H,1-6H3. The summed E-state index contributed by atoms with van der Waals surface area (Å²) in [6.07, 6.45) is 3.84. The molecule has 2 heteroatoms. The molecule has 0 aliphatic carbocycles. The summed E-state index contributed by atoms with van der Waals surface area (Å²) < 4.78 is 2.22. The van der Waals surface area contributed by atoms with Gasteiger partial charge in [-0.25, -0.2) is 4.98 Å². The average Bonchev–Trinajstić information content (AvgIpc) is 2.59. The Morgan fingerprint density at radius 2 is 1.59 bits per heavy atom. The Kier molecular flexibility index (Phi) is 2.57. The first-order valence-corrected chi connectivity index (χ1v) is 6.17. The first kappa shape index (κ1) is 12.2. The van der Waals surface area contributed by atoms with Gasteiger partial charge in [-0.15, -0.1) is 0 Å². The van der Waals surface area contributed by atoms with Crippen molar-refractivity contribution in [3.8, 4) is 0 Å². The van der Waals surface area contributed by atoms with Crippen LogP contribution in [0.25, 0.3) is 5.52 Å². The Hall–Kier alpha value is -1.31. The van der Waals surface area contributed by atoms with Crippen LogP contribution in [0.15, 0.2) is 24.7 Å². The lowest BCUT2D eigenvalue weighted by molar-refractivity contribution is 0.508. The van der Waals surface area contributed by atoms with E-state index < -0.39 is 0 Å². The van der Waals surface area contributed by atoms with Crippen LogP contribution in [-0.4, -0.2) is 9.38 Å². The third-order valence-corrected chi connectivity index (χ3v) is 3.10. The SMILES string of the molecule is CC(C)(C)c1ccc2cncn2c1C(C)(C)C. The largest absolute Gasteiger partial charge is 0.302 e. The van der Waals surface area contributed by atoms with E-state index in [1.807, 2.05) is 12.5 Å². The molecule has 0 unspecified atom stereocenters. The van der Waals surface area contributed by atoms with Gasteiger partial charge in [0.2, 0.25) is 0 Å². The fraction of sp³-hybridized carbons (Fsp3) is 0.533. The predicted octanol–water partition coefficient (Wildman–Crippen LogP) is 3.93. The van der Waals surface area contributed by atoms with Crippen molar-refractivity contribution in [2.24, 2.45) is 0 Å². The van der Waals surface area contributed by atoms with E-state index in [1.165, 1.54) is 16.8 Å². The minimum absolute atomic E-state index is 0.114. The molecule has 0 saturated heterocycles. The first-order chi connectivity index (χ1) is 7.71. The summed E-state index contributed by atoms with van der Waals surface area (Å²) in [5.41, 5.74) is 4.20. The van der Waals surface area contributed by atoms with Crippen molar-refractivity contribution >= 4 is 5.52 Å². The molecule has 0 bridgehead atoms. The zero-order valence-corrected chi connectivity index (χ0v) is 11.7. The molecule has 92 valence electrons. The smallest absolute Gasteiger partial charge is 0.0994 e. The molecule has 0 radical (unpaired) electrons. The monoisotopic (exact) mass is 230 g/mol. The lowest BCUT2D eigenvalue weighted by Gasteiger charge is -2.30. The van der Waals surface area contributed by atoms with E-state index in [0.717, 1.165) is 0 Å². The second-order valence-corrected chi connectivity index (χ2v) is 6.78. The quantitative estimate of drug-likeness (QED) is 0.670. The van der Waals surface area contributed by atoms with E-state index in [9.17, 15) is 0 Å². The number of aromatic nitrogens is 2. The molecule has 0 fully saturated rings. The van der Waals surface area contributed by atoms with Crippen LogP contribution in [0.4, 0.5) is 0 Å². The summed E-state index contributed by atoms with van der Waals surface area (Å²) in [4.78, 5) is 4.26. The maximum atomic E-state index is 4.26. The Balaban J connectivity index is 2.85. The van der Waals surface area contributed by atoms with Gasteiger partial charge in [0.05, 0.1) is 18.0 Å². The number of pyridine rings is 1. The number of fused-ring (bicyclic) bond motifs is 1. The summed E-state index contributed by atoms with van der Waals surface area (Å²) in [6.45, 7) is 13.6. The van der Waals surface area contributed by atoms with Crippen LogP contribution in [0.1, 0.15) is 52.8 Å². The second-order valence-electron chi connectivity index (χ2n) is 6.78. The van der Waals surface area contributed by atoms with Crippen LogP contribution >= 0.6 is 0 Å². The van der Waals surface area contributed by atoms with Gasteiger partial charge < -0.3 is 4.40 Å². The van der Waals surface area contributed by atoms with Crippen LogP contribution in [0, 0.1) is 0 Å². The lowest BCUT2D eigenvalue weighted by atomic mass is 9.78. The number of hydrogen-bond donors (Lipinski definition) is 0. The predicted molar refractivity (Wildman–Crippen MR) is 72.6 cm³/mol.